The van der Waals surface area contributed by atoms with Crippen molar-refractivity contribution in [3.05, 3.63) is 15.6 Å². The minimum absolute atomic E-state index is 0.196. The number of aryl methyl sites for hydroxylation is 2. The molecular weight excluding hydrogens is 254 g/mol. The maximum absolute atomic E-state index is 10.4. The van der Waals surface area contributed by atoms with Crippen LogP contribution in [0, 0.1) is 31.6 Å². The number of aliphatic hydroxyl groups is 1. The van der Waals surface area contributed by atoms with Gasteiger partial charge in [-0.3, -0.25) is 0 Å². The Morgan fingerprint density at radius 2 is 1.74 bits per heavy atom. The molecular formula is C16H27NOS. The van der Waals surface area contributed by atoms with E-state index in [1.807, 2.05) is 0 Å². The lowest BCUT2D eigenvalue weighted by Crippen LogP contribution is -2.28. The van der Waals surface area contributed by atoms with Crippen LogP contribution >= 0.6 is 11.3 Å². The Labute approximate surface area is 121 Å². The fourth-order valence-corrected chi connectivity index (χ4v) is 4.15. The Bertz CT molecular complexity index is 385. The first-order valence-corrected chi connectivity index (χ1v) is 8.40. The molecule has 1 aromatic heterocycles. The molecule has 0 aliphatic heterocycles. The van der Waals surface area contributed by atoms with Crippen LogP contribution in [0.15, 0.2) is 0 Å². The van der Waals surface area contributed by atoms with Gasteiger partial charge in [0.15, 0.2) is 0 Å². The van der Waals surface area contributed by atoms with E-state index in [2.05, 4.69) is 32.7 Å². The number of aromatic nitrogens is 1. The Hall–Kier alpha value is -0.410. The van der Waals surface area contributed by atoms with Crippen LogP contribution in [0.2, 0.25) is 0 Å². The summed E-state index contributed by atoms with van der Waals surface area (Å²) >= 11 is 1.74. The van der Waals surface area contributed by atoms with Crippen LogP contribution in [0.5, 0.6) is 0 Å². The molecule has 2 rings (SSSR count). The van der Waals surface area contributed by atoms with Crippen LogP contribution in [0.4, 0.5) is 0 Å². The zero-order chi connectivity index (χ0) is 14.0. The molecule has 1 aliphatic carbocycles. The minimum atomic E-state index is -0.196. The van der Waals surface area contributed by atoms with Gasteiger partial charge in [-0.2, -0.15) is 0 Å². The van der Waals surface area contributed by atoms with Crippen molar-refractivity contribution in [1.29, 1.82) is 0 Å². The van der Waals surface area contributed by atoms with Crippen molar-refractivity contribution in [3.8, 4) is 0 Å². The summed E-state index contributed by atoms with van der Waals surface area (Å²) in [5.74, 6) is 2.15. The summed E-state index contributed by atoms with van der Waals surface area (Å²) in [6.07, 6.45) is 5.50. The molecule has 1 fully saturated rings. The van der Waals surface area contributed by atoms with Crippen molar-refractivity contribution in [2.75, 3.05) is 0 Å². The zero-order valence-corrected chi connectivity index (χ0v) is 13.5. The van der Waals surface area contributed by atoms with Crippen molar-refractivity contribution < 1.29 is 5.11 Å². The summed E-state index contributed by atoms with van der Waals surface area (Å²) in [5.41, 5.74) is 1.12. The average Bonchev–Trinajstić information content (AvgIpc) is 2.68. The van der Waals surface area contributed by atoms with E-state index in [1.54, 1.807) is 11.3 Å². The maximum atomic E-state index is 10.4. The second kappa shape index (κ2) is 6.36. The summed E-state index contributed by atoms with van der Waals surface area (Å²) in [6, 6.07) is 0. The van der Waals surface area contributed by atoms with Crippen molar-refractivity contribution in [2.45, 2.75) is 65.9 Å². The molecule has 19 heavy (non-hydrogen) atoms. The second-order valence-electron chi connectivity index (χ2n) is 6.44. The molecule has 2 nitrogen and oxygen atoms in total. The molecule has 1 N–H and O–H groups in total. The van der Waals surface area contributed by atoms with Gasteiger partial charge in [0.05, 0.1) is 16.8 Å². The number of rotatable bonds is 4. The maximum Gasteiger partial charge on any atom is 0.0956 e. The van der Waals surface area contributed by atoms with Gasteiger partial charge in [-0.05, 0) is 57.3 Å². The van der Waals surface area contributed by atoms with Gasteiger partial charge in [-0.25, -0.2) is 4.98 Å². The van der Waals surface area contributed by atoms with Gasteiger partial charge in [0, 0.05) is 11.3 Å². The number of hydrogen-bond acceptors (Lipinski definition) is 3. The van der Waals surface area contributed by atoms with E-state index in [0.29, 0.717) is 5.92 Å². The molecule has 0 radical (unpaired) electrons. The van der Waals surface area contributed by atoms with Crippen LogP contribution in [-0.4, -0.2) is 16.2 Å². The third-order valence-corrected chi connectivity index (χ3v) is 5.86. The van der Waals surface area contributed by atoms with E-state index < -0.39 is 0 Å². The summed E-state index contributed by atoms with van der Waals surface area (Å²) in [6.45, 7) is 8.80. The summed E-state index contributed by atoms with van der Waals surface area (Å²) in [7, 11) is 0. The van der Waals surface area contributed by atoms with Crippen LogP contribution in [0.1, 0.15) is 55.1 Å². The third-order valence-electron chi connectivity index (χ3n) is 4.76. The Balaban J connectivity index is 1.86. The van der Waals surface area contributed by atoms with Crippen LogP contribution in [0.25, 0.3) is 0 Å². The van der Waals surface area contributed by atoms with Crippen molar-refractivity contribution >= 4 is 11.3 Å². The van der Waals surface area contributed by atoms with Gasteiger partial charge in [-0.1, -0.05) is 13.8 Å². The van der Waals surface area contributed by atoms with E-state index in [-0.39, 0.29) is 6.10 Å². The molecule has 1 saturated carbocycles. The molecule has 1 atom stereocenters. The lowest BCUT2D eigenvalue weighted by molar-refractivity contribution is 0.0674. The largest absolute Gasteiger partial charge is 0.392 e. The molecule has 1 unspecified atom stereocenters. The fourth-order valence-electron chi connectivity index (χ4n) is 3.17. The molecule has 108 valence electrons. The topological polar surface area (TPSA) is 33.1 Å². The van der Waals surface area contributed by atoms with Crippen LogP contribution < -0.4 is 0 Å². The van der Waals surface area contributed by atoms with E-state index in [1.165, 1.54) is 30.6 Å². The molecule has 1 aliphatic rings. The van der Waals surface area contributed by atoms with Gasteiger partial charge >= 0.3 is 0 Å². The average molecular weight is 281 g/mol. The van der Waals surface area contributed by atoms with E-state index >= 15 is 0 Å². The quantitative estimate of drug-likeness (QED) is 0.900. The Morgan fingerprint density at radius 3 is 2.21 bits per heavy atom. The second-order valence-corrected chi connectivity index (χ2v) is 7.73. The Morgan fingerprint density at radius 1 is 1.16 bits per heavy atom. The normalized spacial score (nSPS) is 25.8. The predicted molar refractivity (Wildman–Crippen MR) is 81.6 cm³/mol. The van der Waals surface area contributed by atoms with E-state index in [9.17, 15) is 5.11 Å². The third kappa shape index (κ3) is 3.79. The highest BCUT2D eigenvalue weighted by atomic mass is 32.1. The van der Waals surface area contributed by atoms with E-state index in [0.717, 1.165) is 29.0 Å². The molecule has 0 amide bonds. The van der Waals surface area contributed by atoms with Crippen molar-refractivity contribution in [1.82, 2.24) is 4.98 Å². The minimum Gasteiger partial charge on any atom is -0.392 e. The monoisotopic (exact) mass is 281 g/mol. The lowest BCUT2D eigenvalue weighted by Gasteiger charge is -2.33. The molecule has 0 saturated heterocycles. The smallest absolute Gasteiger partial charge is 0.0956 e. The first kappa shape index (κ1) is 15.0. The van der Waals surface area contributed by atoms with Gasteiger partial charge in [0.25, 0.3) is 0 Å². The number of thiazole rings is 1. The summed E-state index contributed by atoms with van der Waals surface area (Å²) in [5, 5.41) is 11.5. The lowest BCUT2D eigenvalue weighted by atomic mass is 9.75. The van der Waals surface area contributed by atoms with Crippen LogP contribution in [-0.2, 0) is 6.42 Å². The van der Waals surface area contributed by atoms with Gasteiger partial charge in [-0.15, -0.1) is 11.3 Å². The molecule has 3 heteroatoms. The summed E-state index contributed by atoms with van der Waals surface area (Å²) in [4.78, 5) is 5.83. The number of aliphatic hydroxyl groups excluding tert-OH is 1. The molecule has 0 bridgehead atoms. The molecule has 1 aromatic rings. The van der Waals surface area contributed by atoms with Crippen molar-refractivity contribution in [3.63, 3.8) is 0 Å². The van der Waals surface area contributed by atoms with Crippen LogP contribution in [0.3, 0.4) is 0 Å². The SMILES string of the molecule is Cc1nc(CC(O)C2CCC(C(C)C)CC2)sc1C. The van der Waals surface area contributed by atoms with E-state index in [4.69, 9.17) is 0 Å². The zero-order valence-electron chi connectivity index (χ0n) is 12.6. The highest BCUT2D eigenvalue weighted by Gasteiger charge is 2.28. The highest BCUT2D eigenvalue weighted by molar-refractivity contribution is 7.11. The Kier molecular flexibility index (Phi) is 5.02. The summed E-state index contributed by atoms with van der Waals surface area (Å²) < 4.78 is 0. The molecule has 0 spiro atoms. The first-order valence-electron chi connectivity index (χ1n) is 7.58. The van der Waals surface area contributed by atoms with Gasteiger partial charge in [0.1, 0.15) is 0 Å². The first-order chi connectivity index (χ1) is 8.97. The molecule has 0 aromatic carbocycles. The number of hydrogen-bond donors (Lipinski definition) is 1. The number of nitrogens with zero attached hydrogens (tertiary/aromatic N) is 1. The fraction of sp³-hybridized carbons (Fsp3) is 0.812. The predicted octanol–water partition coefficient (Wildman–Crippen LogP) is 4.13. The van der Waals surface area contributed by atoms with Gasteiger partial charge in [0.2, 0.25) is 0 Å². The van der Waals surface area contributed by atoms with Gasteiger partial charge < -0.3 is 5.11 Å². The standard InChI is InChI=1S/C16H27NOS/c1-10(2)13-5-7-14(8-6-13)15(18)9-16-17-11(3)12(4)19-16/h10,13-15,18H,5-9H2,1-4H3. The van der Waals surface area contributed by atoms with Crippen molar-refractivity contribution in [2.24, 2.45) is 17.8 Å². The highest BCUT2D eigenvalue weighted by Crippen LogP contribution is 2.35. The molecule has 1 heterocycles.